The van der Waals surface area contributed by atoms with E-state index in [1.165, 1.54) is 0 Å². The molecule has 1 heterocycles. The van der Waals surface area contributed by atoms with Crippen molar-refractivity contribution in [2.45, 2.75) is 6.42 Å². The summed E-state index contributed by atoms with van der Waals surface area (Å²) in [5, 5.41) is 2.64. The van der Waals surface area contributed by atoms with Gasteiger partial charge in [0.15, 0.2) is 0 Å². The molecule has 0 aliphatic heterocycles. The van der Waals surface area contributed by atoms with Crippen LogP contribution in [0.15, 0.2) is 52.3 Å². The van der Waals surface area contributed by atoms with Gasteiger partial charge in [0.1, 0.15) is 0 Å². The SMILES string of the molecule is C=CCc1c(-c2ccccc2)[nH]oc1=O. The van der Waals surface area contributed by atoms with E-state index in [-0.39, 0.29) is 5.63 Å². The Kier molecular flexibility index (Phi) is 2.54. The molecule has 3 nitrogen and oxygen atoms in total. The van der Waals surface area contributed by atoms with E-state index in [1.807, 2.05) is 30.3 Å². The Balaban J connectivity index is 2.54. The number of rotatable bonds is 3. The Hall–Kier alpha value is -2.03. The number of benzene rings is 1. The fraction of sp³-hybridized carbons (Fsp3) is 0.0833. The van der Waals surface area contributed by atoms with Crippen LogP contribution in [-0.4, -0.2) is 5.16 Å². The first-order valence-electron chi connectivity index (χ1n) is 4.69. The van der Waals surface area contributed by atoms with Crippen molar-refractivity contribution in [1.29, 1.82) is 0 Å². The summed E-state index contributed by atoms with van der Waals surface area (Å²) in [6.07, 6.45) is 2.20. The third-order valence-corrected chi connectivity index (χ3v) is 2.20. The first-order chi connectivity index (χ1) is 7.33. The Morgan fingerprint density at radius 1 is 1.33 bits per heavy atom. The number of allylic oxidation sites excluding steroid dienone is 1. The highest BCUT2D eigenvalue weighted by Crippen LogP contribution is 2.19. The molecule has 0 aliphatic carbocycles. The van der Waals surface area contributed by atoms with E-state index in [9.17, 15) is 4.79 Å². The summed E-state index contributed by atoms with van der Waals surface area (Å²) in [7, 11) is 0. The Labute approximate surface area is 87.0 Å². The average molecular weight is 201 g/mol. The van der Waals surface area contributed by atoms with Crippen LogP contribution in [0.2, 0.25) is 0 Å². The van der Waals surface area contributed by atoms with Crippen LogP contribution in [-0.2, 0) is 6.42 Å². The molecule has 0 saturated carbocycles. The minimum Gasteiger partial charge on any atom is -0.338 e. The third kappa shape index (κ3) is 1.76. The highest BCUT2D eigenvalue weighted by molar-refractivity contribution is 5.62. The van der Waals surface area contributed by atoms with Gasteiger partial charge in [-0.3, -0.25) is 0 Å². The number of H-pyrrole nitrogens is 1. The summed E-state index contributed by atoms with van der Waals surface area (Å²) in [6.45, 7) is 3.62. The molecule has 2 aromatic rings. The molecule has 0 unspecified atom stereocenters. The summed E-state index contributed by atoms with van der Waals surface area (Å²) < 4.78 is 4.77. The summed E-state index contributed by atoms with van der Waals surface area (Å²) in [5.41, 5.74) is 1.98. The summed E-state index contributed by atoms with van der Waals surface area (Å²) in [5.74, 6) is 0. The van der Waals surface area contributed by atoms with E-state index >= 15 is 0 Å². The van der Waals surface area contributed by atoms with Crippen molar-refractivity contribution in [2.24, 2.45) is 0 Å². The zero-order valence-electron chi connectivity index (χ0n) is 8.19. The molecule has 0 radical (unpaired) electrons. The maximum atomic E-state index is 11.4. The molecule has 0 aliphatic rings. The molecule has 1 aromatic heterocycles. The molecule has 2 rings (SSSR count). The predicted molar refractivity (Wildman–Crippen MR) is 58.7 cm³/mol. The van der Waals surface area contributed by atoms with E-state index in [4.69, 9.17) is 4.52 Å². The van der Waals surface area contributed by atoms with Crippen molar-refractivity contribution in [3.05, 3.63) is 59.0 Å². The summed E-state index contributed by atoms with van der Waals surface area (Å²) in [4.78, 5) is 11.4. The van der Waals surface area contributed by atoms with Crippen LogP contribution in [0.5, 0.6) is 0 Å². The largest absolute Gasteiger partial charge is 0.361 e. The highest BCUT2D eigenvalue weighted by atomic mass is 16.5. The van der Waals surface area contributed by atoms with Crippen molar-refractivity contribution >= 4 is 0 Å². The average Bonchev–Trinajstić information content (AvgIpc) is 2.63. The fourth-order valence-electron chi connectivity index (χ4n) is 1.49. The monoisotopic (exact) mass is 201 g/mol. The zero-order chi connectivity index (χ0) is 10.7. The van der Waals surface area contributed by atoms with Crippen molar-refractivity contribution < 1.29 is 4.52 Å². The van der Waals surface area contributed by atoms with Gasteiger partial charge in [0.2, 0.25) is 0 Å². The Morgan fingerprint density at radius 2 is 2.07 bits per heavy atom. The third-order valence-electron chi connectivity index (χ3n) is 2.20. The number of hydrogen-bond acceptors (Lipinski definition) is 2. The van der Waals surface area contributed by atoms with Crippen molar-refractivity contribution in [1.82, 2.24) is 5.16 Å². The normalized spacial score (nSPS) is 10.1. The van der Waals surface area contributed by atoms with Crippen LogP contribution in [0.25, 0.3) is 11.3 Å². The smallest absolute Gasteiger partial charge is 0.338 e. The number of aromatic nitrogens is 1. The van der Waals surface area contributed by atoms with E-state index in [2.05, 4.69) is 11.7 Å². The second kappa shape index (κ2) is 4.00. The maximum Gasteiger partial charge on any atom is 0.361 e. The zero-order valence-corrected chi connectivity index (χ0v) is 8.19. The molecular weight excluding hydrogens is 190 g/mol. The van der Waals surface area contributed by atoms with Crippen molar-refractivity contribution in [3.63, 3.8) is 0 Å². The predicted octanol–water partition coefficient (Wildman–Crippen LogP) is 2.36. The van der Waals surface area contributed by atoms with E-state index in [0.29, 0.717) is 12.0 Å². The molecule has 3 heteroatoms. The molecule has 0 bridgehead atoms. The van der Waals surface area contributed by atoms with Gasteiger partial charge in [0.25, 0.3) is 0 Å². The van der Waals surface area contributed by atoms with Crippen LogP contribution in [0.4, 0.5) is 0 Å². The first-order valence-corrected chi connectivity index (χ1v) is 4.69. The molecule has 15 heavy (non-hydrogen) atoms. The van der Waals surface area contributed by atoms with Gasteiger partial charge in [-0.05, 0) is 6.42 Å². The molecule has 0 atom stereocenters. The molecular formula is C12H11NO2. The van der Waals surface area contributed by atoms with Gasteiger partial charge >= 0.3 is 5.63 Å². The van der Waals surface area contributed by atoms with Crippen LogP contribution in [0.3, 0.4) is 0 Å². The van der Waals surface area contributed by atoms with E-state index < -0.39 is 0 Å². The highest BCUT2D eigenvalue weighted by Gasteiger charge is 2.11. The Morgan fingerprint density at radius 3 is 2.73 bits per heavy atom. The van der Waals surface area contributed by atoms with E-state index in [1.54, 1.807) is 6.08 Å². The fourth-order valence-corrected chi connectivity index (χ4v) is 1.49. The minimum absolute atomic E-state index is 0.325. The van der Waals surface area contributed by atoms with Crippen LogP contribution in [0, 0.1) is 0 Å². The number of hydrogen-bond donors (Lipinski definition) is 1. The Bertz CT molecular complexity index is 508. The summed E-state index contributed by atoms with van der Waals surface area (Å²) in [6, 6.07) is 9.60. The lowest BCUT2D eigenvalue weighted by molar-refractivity contribution is 0.392. The lowest BCUT2D eigenvalue weighted by Crippen LogP contribution is -2.00. The lowest BCUT2D eigenvalue weighted by atomic mass is 10.1. The lowest BCUT2D eigenvalue weighted by Gasteiger charge is -1.97. The quantitative estimate of drug-likeness (QED) is 0.775. The van der Waals surface area contributed by atoms with Crippen LogP contribution in [0.1, 0.15) is 5.56 Å². The van der Waals surface area contributed by atoms with Gasteiger partial charge in [-0.25, -0.2) is 9.95 Å². The van der Waals surface area contributed by atoms with E-state index in [0.717, 1.165) is 11.3 Å². The van der Waals surface area contributed by atoms with Gasteiger partial charge in [-0.15, -0.1) is 6.58 Å². The molecule has 76 valence electrons. The van der Waals surface area contributed by atoms with Gasteiger partial charge in [0, 0.05) is 5.56 Å². The van der Waals surface area contributed by atoms with Gasteiger partial charge in [-0.1, -0.05) is 36.4 Å². The molecule has 0 amide bonds. The maximum absolute atomic E-state index is 11.4. The van der Waals surface area contributed by atoms with Crippen LogP contribution >= 0.6 is 0 Å². The molecule has 0 saturated heterocycles. The van der Waals surface area contributed by atoms with Gasteiger partial charge in [-0.2, -0.15) is 0 Å². The molecule has 1 N–H and O–H groups in total. The molecule has 0 spiro atoms. The first kappa shape index (κ1) is 9.52. The second-order valence-electron chi connectivity index (χ2n) is 3.20. The minimum atomic E-state index is -0.325. The molecule has 0 fully saturated rings. The van der Waals surface area contributed by atoms with Gasteiger partial charge in [0.05, 0.1) is 11.3 Å². The summed E-state index contributed by atoms with van der Waals surface area (Å²) >= 11 is 0. The number of nitrogens with one attached hydrogen (secondary N) is 1. The van der Waals surface area contributed by atoms with Crippen LogP contribution < -0.4 is 5.63 Å². The molecule has 1 aromatic carbocycles. The van der Waals surface area contributed by atoms with Crippen molar-refractivity contribution in [2.75, 3.05) is 0 Å². The van der Waals surface area contributed by atoms with Crippen molar-refractivity contribution in [3.8, 4) is 11.3 Å². The van der Waals surface area contributed by atoms with Gasteiger partial charge < -0.3 is 4.52 Å². The second-order valence-corrected chi connectivity index (χ2v) is 3.20. The number of aromatic amines is 1. The topological polar surface area (TPSA) is 46.0 Å². The standard InChI is InChI=1S/C12H11NO2/c1-2-6-10-11(13-15-12(10)14)9-7-4-3-5-8-9/h2-5,7-8,13H,1,6H2.